The second-order valence-corrected chi connectivity index (χ2v) is 6.49. The molecule has 0 aliphatic carbocycles. The lowest BCUT2D eigenvalue weighted by Gasteiger charge is -2.14. The summed E-state index contributed by atoms with van der Waals surface area (Å²) in [5.41, 5.74) is 6.45. The van der Waals surface area contributed by atoms with E-state index in [1.165, 1.54) is 11.8 Å². The molecule has 0 fully saturated rings. The normalized spacial score (nSPS) is 10.2. The summed E-state index contributed by atoms with van der Waals surface area (Å²) in [5, 5.41) is 0.328. The van der Waals surface area contributed by atoms with E-state index < -0.39 is 11.8 Å². The van der Waals surface area contributed by atoms with Crippen LogP contribution in [0.3, 0.4) is 0 Å². The third-order valence-corrected chi connectivity index (χ3v) is 4.39. The van der Waals surface area contributed by atoms with Gasteiger partial charge in [0.2, 0.25) is 0 Å². The third-order valence-electron chi connectivity index (χ3n) is 3.33. The minimum absolute atomic E-state index is 0.311. The van der Waals surface area contributed by atoms with Crippen LogP contribution in [0.2, 0.25) is 5.02 Å². The number of amides is 2. The number of halogens is 1. The van der Waals surface area contributed by atoms with Crippen LogP contribution in [0.5, 0.6) is 0 Å². The van der Waals surface area contributed by atoms with Crippen molar-refractivity contribution in [1.29, 1.82) is 0 Å². The molecule has 2 aromatic rings. The Balaban J connectivity index is 2.06. The lowest BCUT2D eigenvalue weighted by Crippen LogP contribution is -2.41. The first-order valence-electron chi connectivity index (χ1n) is 7.14. The Kier molecular flexibility index (Phi) is 6.11. The number of nitrogens with one attached hydrogen (secondary N) is 2. The number of nitrogens with zero attached hydrogens (tertiary/aromatic N) is 1. The van der Waals surface area contributed by atoms with Crippen molar-refractivity contribution in [3.63, 3.8) is 0 Å². The van der Waals surface area contributed by atoms with E-state index in [0.717, 1.165) is 10.6 Å². The molecular formula is C17H18ClN3O2S. The molecule has 24 heavy (non-hydrogen) atoms. The SMILES string of the molecule is CSc1ccc(Cl)c(C(=O)NNC(=O)c2cccc(N(C)C)c2)c1. The van der Waals surface area contributed by atoms with Gasteiger partial charge in [-0.2, -0.15) is 0 Å². The van der Waals surface area contributed by atoms with Gasteiger partial charge >= 0.3 is 0 Å². The van der Waals surface area contributed by atoms with Crippen LogP contribution in [0, 0.1) is 0 Å². The highest BCUT2D eigenvalue weighted by molar-refractivity contribution is 7.98. The van der Waals surface area contributed by atoms with Crippen molar-refractivity contribution in [1.82, 2.24) is 10.9 Å². The van der Waals surface area contributed by atoms with E-state index in [4.69, 9.17) is 11.6 Å². The zero-order valence-corrected chi connectivity index (χ0v) is 15.2. The van der Waals surface area contributed by atoms with Crippen LogP contribution in [0.1, 0.15) is 20.7 Å². The van der Waals surface area contributed by atoms with E-state index in [9.17, 15) is 9.59 Å². The van der Waals surface area contributed by atoms with Gasteiger partial charge in [-0.25, -0.2) is 0 Å². The number of hydrogen-bond donors (Lipinski definition) is 2. The average molecular weight is 364 g/mol. The summed E-state index contributed by atoms with van der Waals surface area (Å²) in [7, 11) is 3.78. The van der Waals surface area contributed by atoms with Gasteiger partial charge < -0.3 is 4.90 Å². The number of carbonyl (C=O) groups excluding carboxylic acids is 2. The van der Waals surface area contributed by atoms with Crippen molar-refractivity contribution in [2.24, 2.45) is 0 Å². The first kappa shape index (κ1) is 18.2. The number of carbonyl (C=O) groups is 2. The summed E-state index contributed by atoms with van der Waals surface area (Å²) in [4.78, 5) is 27.2. The second kappa shape index (κ2) is 8.08. The van der Waals surface area contributed by atoms with Gasteiger partial charge in [-0.15, -0.1) is 11.8 Å². The highest BCUT2D eigenvalue weighted by Gasteiger charge is 2.13. The molecule has 0 unspecified atom stereocenters. The van der Waals surface area contributed by atoms with Crippen molar-refractivity contribution in [2.75, 3.05) is 25.3 Å². The van der Waals surface area contributed by atoms with Gasteiger partial charge in [0.1, 0.15) is 0 Å². The van der Waals surface area contributed by atoms with Crippen LogP contribution in [0.15, 0.2) is 47.4 Å². The van der Waals surface area contributed by atoms with Crippen molar-refractivity contribution in [3.8, 4) is 0 Å². The summed E-state index contributed by atoms with van der Waals surface area (Å²) in [5.74, 6) is -0.864. The first-order chi connectivity index (χ1) is 11.4. The molecule has 5 nitrogen and oxygen atoms in total. The van der Waals surface area contributed by atoms with E-state index in [1.807, 2.05) is 37.4 Å². The summed E-state index contributed by atoms with van der Waals surface area (Å²) < 4.78 is 0. The van der Waals surface area contributed by atoms with Crippen molar-refractivity contribution >= 4 is 40.9 Å². The molecule has 126 valence electrons. The van der Waals surface area contributed by atoms with Crippen molar-refractivity contribution < 1.29 is 9.59 Å². The summed E-state index contributed by atoms with van der Waals surface area (Å²) >= 11 is 7.55. The molecule has 0 atom stereocenters. The fourth-order valence-electron chi connectivity index (χ4n) is 1.98. The molecule has 0 heterocycles. The number of anilines is 1. The summed E-state index contributed by atoms with van der Waals surface area (Å²) in [6, 6.07) is 12.3. The van der Waals surface area contributed by atoms with Gasteiger partial charge in [-0.1, -0.05) is 17.7 Å². The number of thioether (sulfide) groups is 1. The van der Waals surface area contributed by atoms with E-state index in [-0.39, 0.29) is 0 Å². The predicted molar refractivity (Wildman–Crippen MR) is 98.9 cm³/mol. The molecule has 0 saturated heterocycles. The Bertz CT molecular complexity index is 765. The molecule has 0 aliphatic rings. The second-order valence-electron chi connectivity index (χ2n) is 5.20. The Morgan fingerprint density at radius 3 is 2.42 bits per heavy atom. The van der Waals surface area contributed by atoms with Crippen LogP contribution >= 0.6 is 23.4 Å². The fourth-order valence-corrected chi connectivity index (χ4v) is 2.63. The maximum absolute atomic E-state index is 12.2. The van der Waals surface area contributed by atoms with Crippen LogP contribution in [0.4, 0.5) is 5.69 Å². The topological polar surface area (TPSA) is 61.4 Å². The lowest BCUT2D eigenvalue weighted by atomic mass is 10.2. The average Bonchev–Trinajstić information content (AvgIpc) is 2.59. The van der Waals surface area contributed by atoms with Crippen molar-refractivity contribution in [2.45, 2.75) is 4.90 Å². The first-order valence-corrected chi connectivity index (χ1v) is 8.74. The molecule has 7 heteroatoms. The monoisotopic (exact) mass is 363 g/mol. The Labute approximate surface area is 150 Å². The van der Waals surface area contributed by atoms with E-state index in [0.29, 0.717) is 16.1 Å². The summed E-state index contributed by atoms with van der Waals surface area (Å²) in [6.45, 7) is 0. The molecule has 0 bridgehead atoms. The van der Waals surface area contributed by atoms with Gasteiger partial charge in [0.25, 0.3) is 11.8 Å². The number of benzene rings is 2. The Morgan fingerprint density at radius 1 is 1.04 bits per heavy atom. The minimum Gasteiger partial charge on any atom is -0.378 e. The number of hydrogen-bond acceptors (Lipinski definition) is 4. The maximum atomic E-state index is 12.2. The van der Waals surface area contributed by atoms with E-state index in [2.05, 4.69) is 10.9 Å². The van der Waals surface area contributed by atoms with Gasteiger partial charge in [-0.3, -0.25) is 20.4 Å². The highest BCUT2D eigenvalue weighted by Crippen LogP contribution is 2.22. The molecule has 2 rings (SSSR count). The standard InChI is InChI=1S/C17H18ClN3O2S/c1-21(2)12-6-4-5-11(9-12)16(22)19-20-17(23)14-10-13(24-3)7-8-15(14)18/h4-10H,1-3H3,(H,19,22)(H,20,23). The zero-order chi connectivity index (χ0) is 17.7. The molecule has 0 aliphatic heterocycles. The molecule has 0 spiro atoms. The van der Waals surface area contributed by atoms with E-state index in [1.54, 1.807) is 30.3 Å². The fraction of sp³-hybridized carbons (Fsp3) is 0.176. The van der Waals surface area contributed by atoms with Crippen LogP contribution in [-0.2, 0) is 0 Å². The Hall–Kier alpha value is -2.18. The molecule has 2 aromatic carbocycles. The molecule has 0 aromatic heterocycles. The maximum Gasteiger partial charge on any atom is 0.271 e. The van der Waals surface area contributed by atoms with Gasteiger partial charge in [-0.05, 0) is 42.7 Å². The van der Waals surface area contributed by atoms with Crippen LogP contribution in [-0.4, -0.2) is 32.2 Å². The van der Waals surface area contributed by atoms with Crippen LogP contribution < -0.4 is 15.8 Å². The largest absolute Gasteiger partial charge is 0.378 e. The number of rotatable bonds is 4. The predicted octanol–water partition coefficient (Wildman–Crippen LogP) is 3.20. The Morgan fingerprint density at radius 2 is 1.75 bits per heavy atom. The quantitative estimate of drug-likeness (QED) is 0.647. The third kappa shape index (κ3) is 4.43. The molecular weight excluding hydrogens is 346 g/mol. The smallest absolute Gasteiger partial charge is 0.271 e. The van der Waals surface area contributed by atoms with E-state index >= 15 is 0 Å². The summed E-state index contributed by atoms with van der Waals surface area (Å²) in [6.07, 6.45) is 1.91. The number of hydrazine groups is 1. The van der Waals surface area contributed by atoms with Crippen molar-refractivity contribution in [3.05, 3.63) is 58.6 Å². The molecule has 2 amide bonds. The molecule has 0 radical (unpaired) electrons. The lowest BCUT2D eigenvalue weighted by molar-refractivity contribution is 0.0846. The van der Waals surface area contributed by atoms with Gasteiger partial charge in [0.05, 0.1) is 10.6 Å². The van der Waals surface area contributed by atoms with Gasteiger partial charge in [0, 0.05) is 30.2 Å². The zero-order valence-electron chi connectivity index (χ0n) is 13.6. The minimum atomic E-state index is -0.465. The van der Waals surface area contributed by atoms with Crippen LogP contribution in [0.25, 0.3) is 0 Å². The molecule has 2 N–H and O–H groups in total. The highest BCUT2D eigenvalue weighted by atomic mass is 35.5. The molecule has 0 saturated carbocycles. The van der Waals surface area contributed by atoms with Gasteiger partial charge in [0.15, 0.2) is 0 Å².